The summed E-state index contributed by atoms with van der Waals surface area (Å²) >= 11 is 1.45. The highest BCUT2D eigenvalue weighted by atomic mass is 32.2. The zero-order valence-electron chi connectivity index (χ0n) is 8.28. The maximum Gasteiger partial charge on any atom is 0.282 e. The van der Waals surface area contributed by atoms with Crippen molar-refractivity contribution in [1.82, 2.24) is 0 Å². The van der Waals surface area contributed by atoms with Crippen LogP contribution in [-0.4, -0.2) is 14.6 Å². The molecule has 16 heavy (non-hydrogen) atoms. The van der Waals surface area contributed by atoms with E-state index in [9.17, 15) is 8.42 Å². The first kappa shape index (κ1) is 11.0. The Hall–Kier alpha value is -1.46. The van der Waals surface area contributed by atoms with E-state index in [4.69, 9.17) is 0 Å². The molecule has 0 aliphatic heterocycles. The van der Waals surface area contributed by atoms with Crippen LogP contribution >= 0.6 is 11.3 Å². The molecule has 0 aliphatic rings. The fourth-order valence-corrected chi connectivity index (χ4v) is 2.67. The molecule has 0 aliphatic carbocycles. The Morgan fingerprint density at radius 2 is 1.81 bits per heavy atom. The van der Waals surface area contributed by atoms with Crippen LogP contribution in [0.2, 0.25) is 0 Å². The number of nitrogens with zero attached hydrogens (tertiary/aromatic N) is 1. The van der Waals surface area contributed by atoms with E-state index >= 15 is 0 Å². The molecule has 0 unspecified atom stereocenters. The third-order valence-corrected chi connectivity index (χ3v) is 3.96. The topological polar surface area (TPSA) is 46.5 Å². The van der Waals surface area contributed by atoms with Crippen LogP contribution < -0.4 is 0 Å². The lowest BCUT2D eigenvalue weighted by Gasteiger charge is -1.96. The summed E-state index contributed by atoms with van der Waals surface area (Å²) in [5.74, 6) is 0. The lowest BCUT2D eigenvalue weighted by Crippen LogP contribution is -1.96. The maximum atomic E-state index is 11.7. The Balaban J connectivity index is 2.28. The smallest absolute Gasteiger partial charge is 0.199 e. The summed E-state index contributed by atoms with van der Waals surface area (Å²) in [4.78, 5) is 1.03. The third-order valence-electron chi connectivity index (χ3n) is 1.90. The number of sulfonamides is 1. The van der Waals surface area contributed by atoms with Gasteiger partial charge in [-0.1, -0.05) is 24.3 Å². The van der Waals surface area contributed by atoms with Gasteiger partial charge in [0, 0.05) is 4.88 Å². The van der Waals surface area contributed by atoms with Crippen LogP contribution in [0.5, 0.6) is 0 Å². The van der Waals surface area contributed by atoms with Crippen LogP contribution in [0.3, 0.4) is 0 Å². The summed E-state index contributed by atoms with van der Waals surface area (Å²) in [6.45, 7) is 0. The Bertz CT molecular complexity index is 572. The average molecular weight is 251 g/mol. The predicted octanol–water partition coefficient (Wildman–Crippen LogP) is 2.56. The highest BCUT2D eigenvalue weighted by Gasteiger charge is 2.09. The summed E-state index contributed by atoms with van der Waals surface area (Å²) in [5, 5.41) is 1.87. The molecule has 0 bridgehead atoms. The lowest BCUT2D eigenvalue weighted by atomic mass is 10.4. The molecule has 0 fully saturated rings. The van der Waals surface area contributed by atoms with Gasteiger partial charge in [0.05, 0.1) is 11.1 Å². The van der Waals surface area contributed by atoms with Crippen LogP contribution in [0.4, 0.5) is 0 Å². The molecule has 1 heterocycles. The number of benzene rings is 1. The maximum absolute atomic E-state index is 11.7. The lowest BCUT2D eigenvalue weighted by molar-refractivity contribution is 0.598. The fourth-order valence-electron chi connectivity index (χ4n) is 1.14. The van der Waals surface area contributed by atoms with Gasteiger partial charge < -0.3 is 0 Å². The number of hydrogen-bond acceptors (Lipinski definition) is 3. The van der Waals surface area contributed by atoms with Gasteiger partial charge in [-0.25, -0.2) is 0 Å². The van der Waals surface area contributed by atoms with Gasteiger partial charge in [-0.05, 0) is 23.6 Å². The van der Waals surface area contributed by atoms with Crippen molar-refractivity contribution < 1.29 is 8.42 Å². The van der Waals surface area contributed by atoms with Gasteiger partial charge in [0.25, 0.3) is 10.0 Å². The predicted molar refractivity (Wildman–Crippen MR) is 65.5 cm³/mol. The van der Waals surface area contributed by atoms with E-state index < -0.39 is 10.0 Å². The van der Waals surface area contributed by atoms with Gasteiger partial charge in [-0.2, -0.15) is 12.8 Å². The summed E-state index contributed by atoms with van der Waals surface area (Å²) in [7, 11) is -3.56. The molecule has 0 spiro atoms. The SMILES string of the molecule is O=S(=O)(/N=C/c1cccs1)c1ccccc1. The fraction of sp³-hybridized carbons (Fsp3) is 0. The Morgan fingerprint density at radius 1 is 1.06 bits per heavy atom. The molecule has 2 rings (SSSR count). The second-order valence-corrected chi connectivity index (χ2v) is 5.65. The van der Waals surface area contributed by atoms with Crippen LogP contribution in [0.25, 0.3) is 0 Å². The van der Waals surface area contributed by atoms with Crippen molar-refractivity contribution in [3.05, 3.63) is 52.7 Å². The third kappa shape index (κ3) is 2.56. The van der Waals surface area contributed by atoms with Gasteiger partial charge in [0.2, 0.25) is 0 Å². The van der Waals surface area contributed by atoms with E-state index in [1.54, 1.807) is 18.2 Å². The molecular formula is C11H9NO2S2. The molecule has 3 nitrogen and oxygen atoms in total. The van der Waals surface area contributed by atoms with Gasteiger partial charge in [-0.3, -0.25) is 0 Å². The molecule has 1 aromatic heterocycles. The molecule has 0 amide bonds. The molecule has 1 aromatic carbocycles. The minimum Gasteiger partial charge on any atom is -0.199 e. The zero-order chi connectivity index (χ0) is 11.4. The zero-order valence-corrected chi connectivity index (χ0v) is 9.91. The standard InChI is InChI=1S/C11H9NO2S2/c13-16(14,11-6-2-1-3-7-11)12-9-10-5-4-8-15-10/h1-9H/b12-9+. The number of hydrogen-bond donors (Lipinski definition) is 0. The van der Waals surface area contributed by atoms with Crippen LogP contribution in [-0.2, 0) is 10.0 Å². The summed E-state index contributed by atoms with van der Waals surface area (Å²) < 4.78 is 27.1. The van der Waals surface area contributed by atoms with E-state index in [-0.39, 0.29) is 4.90 Å². The van der Waals surface area contributed by atoms with Crippen molar-refractivity contribution in [2.45, 2.75) is 4.90 Å². The first-order valence-electron chi connectivity index (χ1n) is 4.57. The Kier molecular flexibility index (Phi) is 3.17. The van der Waals surface area contributed by atoms with E-state index in [0.717, 1.165) is 4.88 Å². The van der Waals surface area contributed by atoms with Crippen molar-refractivity contribution in [1.29, 1.82) is 0 Å². The monoisotopic (exact) mass is 251 g/mol. The molecule has 0 saturated carbocycles. The molecule has 0 saturated heterocycles. The van der Waals surface area contributed by atoms with Gasteiger partial charge >= 0.3 is 0 Å². The van der Waals surface area contributed by atoms with E-state index in [0.29, 0.717) is 0 Å². The number of rotatable bonds is 3. The highest BCUT2D eigenvalue weighted by Crippen LogP contribution is 2.12. The Morgan fingerprint density at radius 3 is 2.44 bits per heavy atom. The van der Waals surface area contributed by atoms with Crippen molar-refractivity contribution >= 4 is 27.6 Å². The summed E-state index contributed by atoms with van der Waals surface area (Å²) in [6.07, 6.45) is 1.37. The van der Waals surface area contributed by atoms with Crippen molar-refractivity contribution in [3.63, 3.8) is 0 Å². The highest BCUT2D eigenvalue weighted by molar-refractivity contribution is 7.90. The normalized spacial score (nSPS) is 12.0. The van der Waals surface area contributed by atoms with Crippen molar-refractivity contribution in [2.75, 3.05) is 0 Å². The minimum atomic E-state index is -3.56. The number of thiophene rings is 1. The van der Waals surface area contributed by atoms with E-state index in [2.05, 4.69) is 4.40 Å². The molecule has 0 atom stereocenters. The summed E-state index contributed by atoms with van der Waals surface area (Å²) in [6, 6.07) is 11.8. The molecular weight excluding hydrogens is 242 g/mol. The molecule has 5 heteroatoms. The summed E-state index contributed by atoms with van der Waals surface area (Å²) in [5.41, 5.74) is 0. The van der Waals surface area contributed by atoms with Crippen molar-refractivity contribution in [3.8, 4) is 0 Å². The van der Waals surface area contributed by atoms with Gasteiger partial charge in [-0.15, -0.1) is 11.3 Å². The first-order valence-corrected chi connectivity index (χ1v) is 6.89. The van der Waals surface area contributed by atoms with Crippen LogP contribution in [0.1, 0.15) is 4.88 Å². The van der Waals surface area contributed by atoms with Crippen LogP contribution in [0, 0.1) is 0 Å². The minimum absolute atomic E-state index is 0.211. The van der Waals surface area contributed by atoms with E-state index in [1.807, 2.05) is 17.5 Å². The van der Waals surface area contributed by atoms with E-state index in [1.165, 1.54) is 29.7 Å². The largest absolute Gasteiger partial charge is 0.282 e. The average Bonchev–Trinajstić information content (AvgIpc) is 2.81. The quantitative estimate of drug-likeness (QED) is 0.787. The van der Waals surface area contributed by atoms with Crippen molar-refractivity contribution in [2.24, 2.45) is 4.40 Å². The second kappa shape index (κ2) is 4.59. The molecule has 2 aromatic rings. The molecule has 0 N–H and O–H groups in total. The molecule has 82 valence electrons. The Labute approximate surface area is 98.1 Å². The van der Waals surface area contributed by atoms with Gasteiger partial charge in [0.1, 0.15) is 0 Å². The first-order chi connectivity index (χ1) is 7.68. The molecule has 0 radical (unpaired) electrons. The van der Waals surface area contributed by atoms with Gasteiger partial charge in [0.15, 0.2) is 0 Å². The second-order valence-electron chi connectivity index (χ2n) is 3.04. The van der Waals surface area contributed by atoms with Crippen LogP contribution in [0.15, 0.2) is 57.1 Å².